The average Bonchev–Trinajstić information content (AvgIpc) is 3.10. The monoisotopic (exact) mass is 374 g/mol. The van der Waals surface area contributed by atoms with Gasteiger partial charge in [-0.25, -0.2) is 0 Å². The van der Waals surface area contributed by atoms with Crippen molar-refractivity contribution in [2.45, 2.75) is 24.5 Å². The van der Waals surface area contributed by atoms with Gasteiger partial charge in [0.1, 0.15) is 0 Å². The number of rotatable bonds is 3. The van der Waals surface area contributed by atoms with Crippen molar-refractivity contribution in [3.05, 3.63) is 44.1 Å². The molecule has 118 valence electrons. The molecule has 1 aliphatic heterocycles. The number of aliphatic hydroxyl groups is 3. The molecule has 1 aliphatic rings. The van der Waals surface area contributed by atoms with Crippen molar-refractivity contribution < 1.29 is 20.1 Å². The number of ether oxygens (including phenoxy) is 1. The number of aliphatic hydroxyl groups excluding tert-OH is 3. The number of hydrogen-bond acceptors (Lipinski definition) is 6. The van der Waals surface area contributed by atoms with E-state index >= 15 is 0 Å². The van der Waals surface area contributed by atoms with Crippen LogP contribution in [0.25, 0.3) is 10.0 Å². The van der Waals surface area contributed by atoms with Gasteiger partial charge in [0, 0.05) is 0 Å². The molecular weight excluding hydrogens is 359 g/mol. The van der Waals surface area contributed by atoms with Crippen LogP contribution < -0.4 is 11.2 Å². The predicted molar refractivity (Wildman–Crippen MR) is 76.7 cm³/mol. The van der Waals surface area contributed by atoms with Crippen LogP contribution in [0.2, 0.25) is 0 Å². The molecule has 1 fully saturated rings. The van der Waals surface area contributed by atoms with Crippen molar-refractivity contribution in [3.63, 3.8) is 0 Å². The second-order valence-corrected chi connectivity index (χ2v) is 6.90. The van der Waals surface area contributed by atoms with Gasteiger partial charge in [-0.2, -0.15) is 0 Å². The summed E-state index contributed by atoms with van der Waals surface area (Å²) in [5, 5.41) is 28.9. The predicted octanol–water partition coefficient (Wildman–Crippen LogP) is -2.13. The number of nitrogens with one attached hydrogen (secondary N) is 1. The summed E-state index contributed by atoms with van der Waals surface area (Å²) >= 11 is -0.00245. The van der Waals surface area contributed by atoms with Crippen LogP contribution in [0.4, 0.5) is 0 Å². The number of H-pyrrole nitrogens is 1. The van der Waals surface area contributed by atoms with Gasteiger partial charge in [-0.05, 0) is 0 Å². The Kier molecular flexibility index (Phi) is 4.18. The van der Waals surface area contributed by atoms with Gasteiger partial charge in [0.25, 0.3) is 0 Å². The molecule has 4 atom stereocenters. The van der Waals surface area contributed by atoms with Gasteiger partial charge < -0.3 is 0 Å². The fourth-order valence-electron chi connectivity index (χ4n) is 2.39. The average molecular weight is 373 g/mol. The molecule has 4 N–H and O–H groups in total. The summed E-state index contributed by atoms with van der Waals surface area (Å²) in [4.78, 5) is 28.0. The Morgan fingerprint density at radius 3 is 2.68 bits per heavy atom. The van der Waals surface area contributed by atoms with Gasteiger partial charge in [0.15, 0.2) is 0 Å². The molecule has 9 heteroatoms. The molecule has 0 aliphatic carbocycles. The van der Waals surface area contributed by atoms with Gasteiger partial charge in [-0.1, -0.05) is 0 Å². The number of hydrogen-bond donors (Lipinski definition) is 4. The third-order valence-electron chi connectivity index (χ3n) is 3.55. The maximum absolute atomic E-state index is 12.0. The summed E-state index contributed by atoms with van der Waals surface area (Å²) in [5.74, 6) is 0. The van der Waals surface area contributed by atoms with E-state index in [1.54, 1.807) is 6.07 Å². The van der Waals surface area contributed by atoms with E-state index in [4.69, 9.17) is 9.84 Å². The Bertz CT molecular complexity index is 768. The van der Waals surface area contributed by atoms with E-state index < -0.39 is 42.4 Å². The number of nitrogens with zero attached hydrogens (tertiary/aromatic N) is 1. The van der Waals surface area contributed by atoms with Gasteiger partial charge in [-0.15, -0.1) is 0 Å². The van der Waals surface area contributed by atoms with Crippen LogP contribution >= 0.6 is 0 Å². The molecule has 2 aromatic rings. The first-order valence-electron chi connectivity index (χ1n) is 6.54. The van der Waals surface area contributed by atoms with Crippen molar-refractivity contribution in [2.24, 2.45) is 0 Å². The van der Waals surface area contributed by atoms with Crippen molar-refractivity contribution in [2.75, 3.05) is 6.61 Å². The fraction of sp³-hybridized carbons (Fsp3) is 0.385. The Morgan fingerprint density at radius 1 is 1.32 bits per heavy atom. The summed E-state index contributed by atoms with van der Waals surface area (Å²) in [5.41, 5.74) is -0.935. The second kappa shape index (κ2) is 5.96. The summed E-state index contributed by atoms with van der Waals surface area (Å²) in [7, 11) is 0. The van der Waals surface area contributed by atoms with Gasteiger partial charge >= 0.3 is 129 Å². The summed E-state index contributed by atoms with van der Waals surface area (Å²) in [6.45, 7) is -0.488. The maximum atomic E-state index is 12.0. The SMILES string of the molecule is O=c1[nH]c(=O)n([C@@H]2O[C@H](CO)[C@@H](O)[C@H]2O)cc1-c1ccc[se]1. The Labute approximate surface area is 130 Å². The molecule has 0 saturated carbocycles. The number of aromatic nitrogens is 2. The van der Waals surface area contributed by atoms with Gasteiger partial charge in [0.2, 0.25) is 0 Å². The zero-order valence-electron chi connectivity index (χ0n) is 11.2. The molecular formula is C13H14N2O6Se. The van der Waals surface area contributed by atoms with E-state index in [1.807, 2.05) is 11.0 Å². The molecule has 0 amide bonds. The molecule has 2 aromatic heterocycles. The first kappa shape index (κ1) is 15.4. The third-order valence-corrected chi connectivity index (χ3v) is 5.44. The summed E-state index contributed by atoms with van der Waals surface area (Å²) < 4.78 is 7.16. The Balaban J connectivity index is 2.07. The van der Waals surface area contributed by atoms with Crippen molar-refractivity contribution in [1.29, 1.82) is 0 Å². The van der Waals surface area contributed by atoms with E-state index in [0.717, 1.165) is 9.00 Å². The first-order chi connectivity index (χ1) is 10.5. The van der Waals surface area contributed by atoms with E-state index in [0.29, 0.717) is 5.56 Å². The van der Waals surface area contributed by atoms with E-state index in [-0.39, 0.29) is 14.5 Å². The zero-order valence-corrected chi connectivity index (χ0v) is 13.0. The van der Waals surface area contributed by atoms with Crippen LogP contribution in [-0.4, -0.2) is 64.3 Å². The van der Waals surface area contributed by atoms with E-state index in [2.05, 4.69) is 4.98 Å². The van der Waals surface area contributed by atoms with Gasteiger partial charge in [-0.3, -0.25) is 0 Å². The fourth-order valence-corrected chi connectivity index (χ4v) is 3.93. The van der Waals surface area contributed by atoms with Crippen molar-refractivity contribution in [1.82, 2.24) is 9.55 Å². The molecule has 22 heavy (non-hydrogen) atoms. The number of aromatic amines is 1. The molecule has 0 aromatic carbocycles. The summed E-state index contributed by atoms with van der Waals surface area (Å²) in [6, 6.07) is 3.62. The van der Waals surface area contributed by atoms with Crippen LogP contribution in [0.1, 0.15) is 6.23 Å². The van der Waals surface area contributed by atoms with E-state index in [9.17, 15) is 19.8 Å². The van der Waals surface area contributed by atoms with E-state index in [1.165, 1.54) is 6.20 Å². The third kappa shape index (κ3) is 2.52. The minimum absolute atomic E-state index is 0.00245. The normalized spacial score (nSPS) is 28.1. The molecule has 0 bridgehead atoms. The molecule has 3 rings (SSSR count). The minimum atomic E-state index is -1.38. The summed E-state index contributed by atoms with van der Waals surface area (Å²) in [6.07, 6.45) is -3.53. The van der Waals surface area contributed by atoms with Crippen LogP contribution in [0.3, 0.4) is 0 Å². The van der Waals surface area contributed by atoms with Crippen LogP contribution in [0, 0.1) is 0 Å². The standard InChI is InChI=1S/C13H14N2O6Se/c16-5-7-9(17)10(18)12(21-7)15-4-6(8-2-1-3-22-8)11(19)14-13(15)20/h1-4,7,9-10,12,16-18H,5H2,(H,14,19,20)/t7-,9-,10-,12-/m1/s1. The molecule has 0 spiro atoms. The zero-order chi connectivity index (χ0) is 15.9. The molecule has 0 radical (unpaired) electrons. The molecule has 3 heterocycles. The van der Waals surface area contributed by atoms with Crippen LogP contribution in [0.15, 0.2) is 32.9 Å². The molecule has 8 nitrogen and oxygen atoms in total. The van der Waals surface area contributed by atoms with Crippen molar-refractivity contribution in [3.8, 4) is 10.0 Å². The molecule has 0 unspecified atom stereocenters. The quantitative estimate of drug-likeness (QED) is 0.456. The first-order valence-corrected chi connectivity index (χ1v) is 8.39. The van der Waals surface area contributed by atoms with Crippen LogP contribution in [-0.2, 0) is 4.74 Å². The van der Waals surface area contributed by atoms with Gasteiger partial charge in [0.05, 0.1) is 0 Å². The Hall–Kier alpha value is -1.48. The topological polar surface area (TPSA) is 125 Å². The second-order valence-electron chi connectivity index (χ2n) is 4.92. The van der Waals surface area contributed by atoms with Crippen LogP contribution in [0.5, 0.6) is 0 Å². The van der Waals surface area contributed by atoms with Crippen molar-refractivity contribution >= 4 is 14.5 Å². The molecule has 1 saturated heterocycles. The Morgan fingerprint density at radius 2 is 2.09 bits per heavy atom.